The van der Waals surface area contributed by atoms with Crippen molar-refractivity contribution in [2.24, 2.45) is 0 Å². The molecule has 0 fully saturated rings. The largest absolute Gasteiger partial charge is 0.208 e. The Labute approximate surface area is 326 Å². The summed E-state index contributed by atoms with van der Waals surface area (Å²) in [5.74, 6) is 1.90. The van der Waals surface area contributed by atoms with E-state index in [0.29, 0.717) is 17.5 Å². The number of rotatable bonds is 6. The maximum absolute atomic E-state index is 10.0. The number of fused-ring (bicyclic) bond motifs is 6. The zero-order chi connectivity index (χ0) is 37.8. The molecule has 10 rings (SSSR count). The molecule has 0 amide bonds. The summed E-state index contributed by atoms with van der Waals surface area (Å²) >= 11 is 0. The van der Waals surface area contributed by atoms with Gasteiger partial charge in [-0.25, -0.2) is 15.0 Å². The normalized spacial score (nSPS) is 14.4. The zero-order valence-electron chi connectivity index (χ0n) is 31.2. The average molecular weight is 717 g/mol. The summed E-state index contributed by atoms with van der Waals surface area (Å²) in [6, 6.07) is 61.9. The fourth-order valence-electron chi connectivity index (χ4n) is 8.80. The van der Waals surface area contributed by atoms with Crippen molar-refractivity contribution in [3.05, 3.63) is 187 Å². The molecule has 0 aliphatic heterocycles. The van der Waals surface area contributed by atoms with Crippen molar-refractivity contribution in [3.8, 4) is 73.6 Å². The first-order valence-electron chi connectivity index (χ1n) is 19.2. The van der Waals surface area contributed by atoms with Crippen molar-refractivity contribution < 1.29 is 0 Å². The highest BCUT2D eigenvalue weighted by Gasteiger charge is 2.40. The van der Waals surface area contributed by atoms with Crippen LogP contribution < -0.4 is 0 Å². The fraction of sp³-hybridized carbons (Fsp3) is 0.0769. The lowest BCUT2D eigenvalue weighted by molar-refractivity contribution is 0.563. The van der Waals surface area contributed by atoms with E-state index in [-0.39, 0.29) is 5.41 Å². The van der Waals surface area contributed by atoms with E-state index in [1.165, 1.54) is 22.1 Å². The Morgan fingerprint density at radius 1 is 0.464 bits per heavy atom. The first-order valence-corrected chi connectivity index (χ1v) is 19.2. The standard InChI is InChI=1S/C52H36N4/c1-3-52(2)45-31-37(29-30-41(45)44-24-14-19-38(32-53)48(44)52)33-25-27-34(28-26-33)46-42-22-12-10-20-39(42)40-21-11-13-23-43(40)47(46)51-55-49(35-15-6-4-7-16-35)54-50(56-51)36-17-8-5-9-18-36/h4-31H,3H2,1-2H3. The summed E-state index contributed by atoms with van der Waals surface area (Å²) in [5, 5.41) is 14.6. The van der Waals surface area contributed by atoms with Crippen LogP contribution in [0, 0.1) is 11.3 Å². The number of nitriles is 1. The molecule has 56 heavy (non-hydrogen) atoms. The molecule has 1 aliphatic rings. The molecule has 1 heterocycles. The highest BCUT2D eigenvalue weighted by molar-refractivity contribution is 6.21. The van der Waals surface area contributed by atoms with Crippen molar-refractivity contribution in [1.82, 2.24) is 15.0 Å². The second kappa shape index (κ2) is 13.3. The van der Waals surface area contributed by atoms with Crippen LogP contribution in [-0.4, -0.2) is 15.0 Å². The van der Waals surface area contributed by atoms with Crippen LogP contribution in [0.5, 0.6) is 0 Å². The van der Waals surface area contributed by atoms with Crippen LogP contribution in [0.2, 0.25) is 0 Å². The van der Waals surface area contributed by atoms with Crippen LogP contribution >= 0.6 is 0 Å². The minimum Gasteiger partial charge on any atom is -0.208 e. The maximum atomic E-state index is 10.0. The number of hydrogen-bond acceptors (Lipinski definition) is 4. The van der Waals surface area contributed by atoms with Gasteiger partial charge in [-0.05, 0) is 79.0 Å². The van der Waals surface area contributed by atoms with Gasteiger partial charge < -0.3 is 0 Å². The van der Waals surface area contributed by atoms with Gasteiger partial charge in [0.05, 0.1) is 11.6 Å². The van der Waals surface area contributed by atoms with E-state index in [4.69, 9.17) is 15.0 Å². The van der Waals surface area contributed by atoms with E-state index in [1.54, 1.807) is 0 Å². The van der Waals surface area contributed by atoms with Crippen LogP contribution in [-0.2, 0) is 5.41 Å². The monoisotopic (exact) mass is 716 g/mol. The summed E-state index contributed by atoms with van der Waals surface area (Å²) in [5.41, 5.74) is 12.6. The lowest BCUT2D eigenvalue weighted by Gasteiger charge is -2.27. The Hall–Kier alpha value is -7.22. The number of hydrogen-bond donors (Lipinski definition) is 0. The highest BCUT2D eigenvalue weighted by atomic mass is 15.0. The molecule has 264 valence electrons. The van der Waals surface area contributed by atoms with Crippen molar-refractivity contribution in [2.75, 3.05) is 0 Å². The second-order valence-corrected chi connectivity index (χ2v) is 14.7. The molecule has 0 saturated heterocycles. The molecule has 1 atom stereocenters. The van der Waals surface area contributed by atoms with Gasteiger partial charge >= 0.3 is 0 Å². The summed E-state index contributed by atoms with van der Waals surface area (Å²) in [7, 11) is 0. The predicted molar refractivity (Wildman–Crippen MR) is 229 cm³/mol. The third-order valence-electron chi connectivity index (χ3n) is 11.7. The Morgan fingerprint density at radius 3 is 1.57 bits per heavy atom. The highest BCUT2D eigenvalue weighted by Crippen LogP contribution is 2.53. The molecule has 0 N–H and O–H groups in total. The van der Waals surface area contributed by atoms with E-state index in [1.807, 2.05) is 48.5 Å². The van der Waals surface area contributed by atoms with Gasteiger partial charge in [0.15, 0.2) is 17.5 Å². The molecule has 4 heteroatoms. The van der Waals surface area contributed by atoms with Gasteiger partial charge in [-0.3, -0.25) is 0 Å². The Bertz CT molecular complexity index is 2960. The van der Waals surface area contributed by atoms with E-state index < -0.39 is 0 Å². The fourth-order valence-corrected chi connectivity index (χ4v) is 8.80. The lowest BCUT2D eigenvalue weighted by atomic mass is 9.76. The molecule has 1 aliphatic carbocycles. The molecule has 4 nitrogen and oxygen atoms in total. The summed E-state index contributed by atoms with van der Waals surface area (Å²) in [6.45, 7) is 4.50. The summed E-state index contributed by atoms with van der Waals surface area (Å²) < 4.78 is 0. The van der Waals surface area contributed by atoms with Crippen LogP contribution in [0.15, 0.2) is 170 Å². The molecule has 0 saturated carbocycles. The molecular formula is C52H36N4. The molecule has 1 unspecified atom stereocenters. The van der Waals surface area contributed by atoms with Gasteiger partial charge in [0, 0.05) is 27.7 Å². The predicted octanol–water partition coefficient (Wildman–Crippen LogP) is 13.1. The Balaban J connectivity index is 1.17. The molecule has 0 radical (unpaired) electrons. The van der Waals surface area contributed by atoms with E-state index >= 15 is 0 Å². The maximum Gasteiger partial charge on any atom is 0.165 e. The molecule has 0 spiro atoms. The van der Waals surface area contributed by atoms with E-state index in [9.17, 15) is 5.26 Å². The van der Waals surface area contributed by atoms with Crippen molar-refractivity contribution in [3.63, 3.8) is 0 Å². The van der Waals surface area contributed by atoms with Gasteiger partial charge in [0.25, 0.3) is 0 Å². The quantitative estimate of drug-likeness (QED) is 0.161. The van der Waals surface area contributed by atoms with Gasteiger partial charge in [-0.15, -0.1) is 0 Å². The summed E-state index contributed by atoms with van der Waals surface area (Å²) in [4.78, 5) is 15.5. The first-order chi connectivity index (χ1) is 27.6. The molecule has 0 bridgehead atoms. The zero-order valence-corrected chi connectivity index (χ0v) is 31.2. The van der Waals surface area contributed by atoms with Gasteiger partial charge in [0.1, 0.15) is 0 Å². The van der Waals surface area contributed by atoms with Crippen molar-refractivity contribution in [1.29, 1.82) is 5.26 Å². The smallest absolute Gasteiger partial charge is 0.165 e. The first kappa shape index (κ1) is 33.4. The molecular weight excluding hydrogens is 681 g/mol. The Kier molecular flexibility index (Phi) is 7.90. The topological polar surface area (TPSA) is 62.5 Å². The van der Waals surface area contributed by atoms with Crippen LogP contribution in [0.3, 0.4) is 0 Å². The molecule has 8 aromatic carbocycles. The van der Waals surface area contributed by atoms with Crippen LogP contribution in [0.1, 0.15) is 37.0 Å². The van der Waals surface area contributed by atoms with E-state index in [2.05, 4.69) is 141 Å². The number of aromatic nitrogens is 3. The third-order valence-corrected chi connectivity index (χ3v) is 11.7. The third kappa shape index (κ3) is 5.24. The molecule has 1 aromatic heterocycles. The van der Waals surface area contributed by atoms with Crippen molar-refractivity contribution in [2.45, 2.75) is 25.7 Å². The second-order valence-electron chi connectivity index (χ2n) is 14.7. The SMILES string of the molecule is CCC1(C)c2cc(-c3ccc(-c4c(-c5nc(-c6ccccc6)nc(-c6ccccc6)n5)c5ccccc5c5ccccc45)cc3)ccc2-c2cccc(C#N)c21. The average Bonchev–Trinajstić information content (AvgIpc) is 3.54. The summed E-state index contributed by atoms with van der Waals surface area (Å²) in [6.07, 6.45) is 0.904. The number of benzene rings is 8. The minimum atomic E-state index is -0.242. The van der Waals surface area contributed by atoms with Crippen LogP contribution in [0.25, 0.3) is 89.1 Å². The minimum absolute atomic E-state index is 0.242. The lowest BCUT2D eigenvalue weighted by Crippen LogP contribution is -2.20. The van der Waals surface area contributed by atoms with Gasteiger partial charge in [-0.1, -0.05) is 172 Å². The Morgan fingerprint density at radius 2 is 0.982 bits per heavy atom. The molecule has 9 aromatic rings. The number of nitrogens with zero attached hydrogens (tertiary/aromatic N) is 4. The van der Waals surface area contributed by atoms with Gasteiger partial charge in [0.2, 0.25) is 0 Å². The van der Waals surface area contributed by atoms with Crippen molar-refractivity contribution >= 4 is 21.5 Å². The van der Waals surface area contributed by atoms with Crippen LogP contribution in [0.4, 0.5) is 0 Å². The van der Waals surface area contributed by atoms with E-state index in [0.717, 1.165) is 72.7 Å². The van der Waals surface area contributed by atoms with Gasteiger partial charge in [-0.2, -0.15) is 5.26 Å².